The number of hydrogen-bond acceptors (Lipinski definition) is 3. The highest BCUT2D eigenvalue weighted by Crippen LogP contribution is 2.56. The first kappa shape index (κ1) is 46.0. The van der Waals surface area contributed by atoms with E-state index in [0.717, 1.165) is 16.7 Å². The van der Waals surface area contributed by atoms with E-state index in [0.29, 0.717) is 0 Å². The second kappa shape index (κ2) is 15.1. The number of benzene rings is 4. The van der Waals surface area contributed by atoms with E-state index >= 15 is 0 Å². The Morgan fingerprint density at radius 1 is 0.333 bits per heavy atom. The van der Waals surface area contributed by atoms with Gasteiger partial charge in [-0.25, -0.2) is 0 Å². The summed E-state index contributed by atoms with van der Waals surface area (Å²) in [5.74, 6) is 0.611. The first-order valence-corrected chi connectivity index (χ1v) is 21.2. The molecule has 3 nitrogen and oxygen atoms in total. The molecule has 3 unspecified atom stereocenters. The van der Waals surface area contributed by atoms with E-state index in [-0.39, 0.29) is 67.5 Å². The maximum Gasteiger partial charge on any atom is 0.115 e. The molecule has 57 heavy (non-hydrogen) atoms. The average molecular weight is 775 g/mol. The Bertz CT molecular complexity index is 1840. The summed E-state index contributed by atoms with van der Waals surface area (Å²) in [4.78, 5) is 0. The van der Waals surface area contributed by atoms with Gasteiger partial charge in [0.05, 0.1) is 0 Å². The van der Waals surface area contributed by atoms with Crippen molar-refractivity contribution in [2.75, 3.05) is 0 Å². The fourth-order valence-corrected chi connectivity index (χ4v) is 10.2. The smallest absolute Gasteiger partial charge is 0.115 e. The van der Waals surface area contributed by atoms with Gasteiger partial charge in [-0.3, -0.25) is 0 Å². The summed E-state index contributed by atoms with van der Waals surface area (Å²) in [6.07, 6.45) is 0. The van der Waals surface area contributed by atoms with Crippen molar-refractivity contribution in [3.63, 3.8) is 0 Å². The van der Waals surface area contributed by atoms with Crippen LogP contribution in [0.1, 0.15) is 209 Å². The van der Waals surface area contributed by atoms with Crippen molar-refractivity contribution < 1.29 is 15.3 Å². The molecule has 4 rings (SSSR count). The highest BCUT2D eigenvalue weighted by atomic mass is 16.3. The minimum absolute atomic E-state index is 0.0734. The quantitative estimate of drug-likeness (QED) is 0.183. The predicted octanol–water partition coefficient (Wildman–Crippen LogP) is 15.2. The molecule has 0 bridgehead atoms. The summed E-state index contributed by atoms with van der Waals surface area (Å²) in [5.41, 5.74) is 13.6. The largest absolute Gasteiger partial charge is 0.508 e. The van der Waals surface area contributed by atoms with Gasteiger partial charge in [-0.15, -0.1) is 0 Å². The molecule has 312 valence electrons. The summed E-state index contributed by atoms with van der Waals surface area (Å²) in [6.45, 7) is 48.5. The van der Waals surface area contributed by atoms with Crippen molar-refractivity contribution in [3.8, 4) is 17.2 Å². The average Bonchev–Trinajstić information content (AvgIpc) is 2.99. The topological polar surface area (TPSA) is 60.7 Å². The number of phenolic OH excluding ortho intramolecular Hbond substituents is 3. The summed E-state index contributed by atoms with van der Waals surface area (Å²) in [7, 11) is 0. The van der Waals surface area contributed by atoms with Crippen molar-refractivity contribution in [2.45, 2.75) is 179 Å². The summed E-state index contributed by atoms with van der Waals surface area (Å²) >= 11 is 0. The molecule has 0 saturated heterocycles. The van der Waals surface area contributed by atoms with Crippen LogP contribution in [-0.2, 0) is 16.2 Å². The van der Waals surface area contributed by atoms with Gasteiger partial charge in [0.1, 0.15) is 17.2 Å². The third-order valence-electron chi connectivity index (χ3n) is 12.4. The summed E-state index contributed by atoms with van der Waals surface area (Å²) < 4.78 is 0. The van der Waals surface area contributed by atoms with Crippen molar-refractivity contribution in [1.82, 2.24) is 0 Å². The van der Waals surface area contributed by atoms with Crippen molar-refractivity contribution in [3.05, 3.63) is 121 Å². The number of rotatable bonds is 6. The minimum atomic E-state index is -0.245. The fraction of sp³-hybridized carbons (Fsp3) is 0.556. The monoisotopic (exact) mass is 775 g/mol. The van der Waals surface area contributed by atoms with E-state index in [1.54, 1.807) is 0 Å². The van der Waals surface area contributed by atoms with Gasteiger partial charge in [-0.05, 0) is 156 Å². The molecule has 0 radical (unpaired) electrons. The lowest BCUT2D eigenvalue weighted by atomic mass is 9.59. The molecule has 0 saturated carbocycles. The molecule has 0 amide bonds. The first-order chi connectivity index (χ1) is 25.6. The molecule has 3 atom stereocenters. The van der Waals surface area contributed by atoms with Gasteiger partial charge in [0.15, 0.2) is 0 Å². The maximum absolute atomic E-state index is 11.3. The van der Waals surface area contributed by atoms with Gasteiger partial charge < -0.3 is 15.3 Å². The molecule has 3 heteroatoms. The van der Waals surface area contributed by atoms with Gasteiger partial charge in [0.25, 0.3) is 0 Å². The Morgan fingerprint density at radius 2 is 0.526 bits per heavy atom. The maximum atomic E-state index is 11.3. The van der Waals surface area contributed by atoms with Gasteiger partial charge >= 0.3 is 0 Å². The molecule has 0 heterocycles. The van der Waals surface area contributed by atoms with Crippen LogP contribution in [0.3, 0.4) is 0 Å². The van der Waals surface area contributed by atoms with Crippen molar-refractivity contribution >= 4 is 0 Å². The zero-order chi connectivity index (χ0) is 43.8. The first-order valence-electron chi connectivity index (χ1n) is 21.2. The molecule has 0 aliphatic heterocycles. The molecule has 4 aromatic rings. The van der Waals surface area contributed by atoms with Crippen molar-refractivity contribution in [2.24, 2.45) is 16.2 Å². The van der Waals surface area contributed by atoms with Crippen LogP contribution < -0.4 is 0 Å². The van der Waals surface area contributed by atoms with Gasteiger partial charge in [-0.1, -0.05) is 143 Å². The summed E-state index contributed by atoms with van der Waals surface area (Å²) in [6, 6.07) is 18.0. The molecule has 0 fully saturated rings. The number of phenols is 3. The number of hydrogen-bond donors (Lipinski definition) is 3. The van der Waals surface area contributed by atoms with E-state index in [9.17, 15) is 15.3 Å². The van der Waals surface area contributed by atoms with Crippen LogP contribution in [0.25, 0.3) is 0 Å². The third-order valence-corrected chi connectivity index (χ3v) is 12.4. The zero-order valence-corrected chi connectivity index (χ0v) is 39.8. The second-order valence-electron chi connectivity index (χ2n) is 23.6. The Labute approximate surface area is 348 Å². The van der Waals surface area contributed by atoms with Crippen LogP contribution in [-0.4, -0.2) is 15.3 Å². The Kier molecular flexibility index (Phi) is 12.2. The lowest BCUT2D eigenvalue weighted by Crippen LogP contribution is -2.31. The van der Waals surface area contributed by atoms with Crippen LogP contribution in [0.5, 0.6) is 17.2 Å². The van der Waals surface area contributed by atoms with Crippen LogP contribution in [0, 0.1) is 37.0 Å². The Balaban J connectivity index is 2.45. The Hall–Kier alpha value is -3.72. The van der Waals surface area contributed by atoms with Crippen LogP contribution in [0.4, 0.5) is 0 Å². The molecular weight excluding hydrogens is 697 g/mol. The van der Waals surface area contributed by atoms with E-state index in [1.807, 2.05) is 36.4 Å². The van der Waals surface area contributed by atoms with Gasteiger partial charge in [0.2, 0.25) is 0 Å². The highest BCUT2D eigenvalue weighted by Gasteiger charge is 2.43. The lowest BCUT2D eigenvalue weighted by molar-refractivity contribution is 0.336. The Morgan fingerprint density at radius 3 is 0.684 bits per heavy atom. The third kappa shape index (κ3) is 9.29. The lowest BCUT2D eigenvalue weighted by Gasteiger charge is -2.44. The van der Waals surface area contributed by atoms with E-state index < -0.39 is 0 Å². The molecule has 4 aromatic carbocycles. The minimum Gasteiger partial charge on any atom is -0.508 e. The summed E-state index contributed by atoms with van der Waals surface area (Å²) in [5, 5.41) is 33.8. The van der Waals surface area contributed by atoms with E-state index in [2.05, 4.69) is 164 Å². The molecule has 0 aliphatic carbocycles. The van der Waals surface area contributed by atoms with Crippen LogP contribution in [0.2, 0.25) is 0 Å². The van der Waals surface area contributed by atoms with Crippen molar-refractivity contribution in [1.29, 1.82) is 0 Å². The zero-order valence-electron chi connectivity index (χ0n) is 39.8. The van der Waals surface area contributed by atoms with Crippen LogP contribution >= 0.6 is 0 Å². The van der Waals surface area contributed by atoms with Gasteiger partial charge in [0, 0.05) is 17.8 Å². The molecule has 0 spiro atoms. The van der Waals surface area contributed by atoms with Gasteiger partial charge in [-0.2, -0.15) is 0 Å². The van der Waals surface area contributed by atoms with Crippen LogP contribution in [0.15, 0.2) is 54.6 Å². The van der Waals surface area contributed by atoms with E-state index in [1.165, 1.54) is 50.1 Å². The fourth-order valence-electron chi connectivity index (χ4n) is 10.2. The molecule has 3 N–H and O–H groups in total. The molecule has 0 aliphatic rings. The SMILES string of the molecule is Cc1c(C(c2cc(O)ccc2C(C)(C)C)C(C)(C)C)c(C)c(C(c2cc(O)ccc2C(C)(C)C)C(C)(C)C)c(C)c1C(c1cc(O)ccc1C(C)(C)C)C(C)(C)C. The predicted molar refractivity (Wildman–Crippen MR) is 245 cm³/mol. The standard InChI is InChI=1S/C54H78O3/c1-31-43(46(52(13,14)15)37-28-34(55)22-25-40(37)49(4,5)6)32(2)45(48(54(19,20)21)39-30-36(57)24-27-42(39)51(10,11)12)33(3)44(31)47(53(16,17)18)38-29-35(56)23-26-41(38)50(7,8)9/h22-30,46-48,55-57H,1-21H3. The number of aromatic hydroxyl groups is 3. The highest BCUT2D eigenvalue weighted by molar-refractivity contribution is 5.63. The molecule has 0 aromatic heterocycles. The normalized spacial score (nSPS) is 15.1. The molecular formula is C54H78O3. The second-order valence-corrected chi connectivity index (χ2v) is 23.6. The van der Waals surface area contributed by atoms with E-state index in [4.69, 9.17) is 0 Å².